The second kappa shape index (κ2) is 11.4. The van der Waals surface area contributed by atoms with E-state index >= 15 is 0 Å². The molecule has 1 fully saturated rings. The van der Waals surface area contributed by atoms with Crippen LogP contribution in [-0.2, 0) is 6.54 Å². The highest BCUT2D eigenvalue weighted by atomic mass is 16.5. The fourth-order valence-corrected chi connectivity index (χ4v) is 4.09. The van der Waals surface area contributed by atoms with Crippen molar-refractivity contribution < 1.29 is 19.4 Å². The highest BCUT2D eigenvalue weighted by Crippen LogP contribution is 2.29. The summed E-state index contributed by atoms with van der Waals surface area (Å²) in [7, 11) is 3.18. The number of nitrogens with zero attached hydrogens (tertiary/aromatic N) is 3. The molecule has 3 aromatic carbocycles. The van der Waals surface area contributed by atoms with E-state index < -0.39 is 0 Å². The first-order chi connectivity index (χ1) is 17.1. The van der Waals surface area contributed by atoms with Crippen LogP contribution in [0.2, 0.25) is 0 Å². The van der Waals surface area contributed by atoms with Gasteiger partial charge in [-0.05, 0) is 42.0 Å². The maximum absolute atomic E-state index is 12.4. The number of ether oxygens (including phenoxy) is 2. The first-order valence-corrected chi connectivity index (χ1v) is 11.5. The molecule has 0 saturated carbocycles. The van der Waals surface area contributed by atoms with Gasteiger partial charge in [0, 0.05) is 43.9 Å². The maximum Gasteiger partial charge on any atom is 0.271 e. The van der Waals surface area contributed by atoms with E-state index in [2.05, 4.69) is 26.4 Å². The van der Waals surface area contributed by atoms with Crippen LogP contribution in [0.4, 0.5) is 5.69 Å². The second-order valence-electron chi connectivity index (χ2n) is 8.23. The van der Waals surface area contributed by atoms with Gasteiger partial charge in [0.2, 0.25) is 0 Å². The van der Waals surface area contributed by atoms with E-state index in [4.69, 9.17) is 9.47 Å². The van der Waals surface area contributed by atoms with Crippen LogP contribution in [0.1, 0.15) is 21.5 Å². The monoisotopic (exact) mass is 474 g/mol. The first kappa shape index (κ1) is 24.1. The van der Waals surface area contributed by atoms with Crippen molar-refractivity contribution in [2.75, 3.05) is 45.3 Å². The van der Waals surface area contributed by atoms with E-state index in [9.17, 15) is 9.90 Å². The molecule has 0 aliphatic carbocycles. The Balaban J connectivity index is 1.28. The first-order valence-electron chi connectivity index (χ1n) is 11.5. The summed E-state index contributed by atoms with van der Waals surface area (Å²) in [6.45, 7) is 4.59. The van der Waals surface area contributed by atoms with Crippen molar-refractivity contribution in [1.29, 1.82) is 0 Å². The molecule has 1 aliphatic heterocycles. The van der Waals surface area contributed by atoms with Crippen LogP contribution < -0.4 is 19.8 Å². The summed E-state index contributed by atoms with van der Waals surface area (Å²) in [5, 5.41) is 14.0. The number of phenols is 1. The number of hydrogen-bond acceptors (Lipinski definition) is 7. The lowest BCUT2D eigenvalue weighted by atomic mass is 10.1. The zero-order valence-electron chi connectivity index (χ0n) is 20.0. The van der Waals surface area contributed by atoms with Crippen molar-refractivity contribution in [3.8, 4) is 17.2 Å². The van der Waals surface area contributed by atoms with Crippen molar-refractivity contribution in [3.05, 3.63) is 83.4 Å². The molecule has 1 amide bonds. The molecule has 8 heteroatoms. The third-order valence-corrected chi connectivity index (χ3v) is 6.04. The molecule has 4 rings (SSSR count). The van der Waals surface area contributed by atoms with Crippen molar-refractivity contribution in [3.63, 3.8) is 0 Å². The Morgan fingerprint density at radius 3 is 2.34 bits per heavy atom. The van der Waals surface area contributed by atoms with E-state index in [1.807, 2.05) is 30.3 Å². The standard InChI is InChI=1S/C27H30N4O4/c1-34-24-8-4-3-7-23(24)31-16-14-30(15-17-31)19-20-10-12-21(13-11-20)27(33)29-28-18-22-6-5-9-25(35-2)26(22)32/h3-13,18,32H,14-17,19H2,1-2H3,(H,29,33)/b28-18-. The minimum Gasteiger partial charge on any atom is -0.504 e. The van der Waals surface area contributed by atoms with E-state index in [1.54, 1.807) is 37.4 Å². The second-order valence-corrected chi connectivity index (χ2v) is 8.23. The summed E-state index contributed by atoms with van der Waals surface area (Å²) in [4.78, 5) is 17.2. The number of carbonyl (C=O) groups is 1. The molecule has 2 N–H and O–H groups in total. The lowest BCUT2D eigenvalue weighted by Crippen LogP contribution is -2.46. The summed E-state index contributed by atoms with van der Waals surface area (Å²) in [5.41, 5.74) is 5.74. The fraction of sp³-hybridized carbons (Fsp3) is 0.259. The summed E-state index contributed by atoms with van der Waals surface area (Å²) < 4.78 is 10.6. The zero-order chi connectivity index (χ0) is 24.6. The molecule has 0 atom stereocenters. The highest BCUT2D eigenvalue weighted by Gasteiger charge is 2.19. The fourth-order valence-electron chi connectivity index (χ4n) is 4.09. The van der Waals surface area contributed by atoms with Gasteiger partial charge in [-0.25, -0.2) is 5.43 Å². The van der Waals surface area contributed by atoms with Crippen LogP contribution in [0.3, 0.4) is 0 Å². The molecule has 1 saturated heterocycles. The molecule has 0 unspecified atom stereocenters. The third-order valence-electron chi connectivity index (χ3n) is 6.04. The molecule has 3 aromatic rings. The van der Waals surface area contributed by atoms with Crippen LogP contribution in [0.5, 0.6) is 17.2 Å². The van der Waals surface area contributed by atoms with Gasteiger partial charge in [0.15, 0.2) is 11.5 Å². The largest absolute Gasteiger partial charge is 0.504 e. The number of anilines is 1. The van der Waals surface area contributed by atoms with Crippen LogP contribution in [0.15, 0.2) is 71.8 Å². The van der Waals surface area contributed by atoms with Gasteiger partial charge < -0.3 is 19.5 Å². The van der Waals surface area contributed by atoms with E-state index in [0.717, 1.165) is 49.7 Å². The minimum absolute atomic E-state index is 0.0268. The Labute approximate surface area is 205 Å². The summed E-state index contributed by atoms with van der Waals surface area (Å²) >= 11 is 0. The summed E-state index contributed by atoms with van der Waals surface area (Å²) in [5.74, 6) is 0.901. The number of carbonyl (C=O) groups excluding carboxylic acids is 1. The molecule has 182 valence electrons. The minimum atomic E-state index is -0.319. The lowest BCUT2D eigenvalue weighted by molar-refractivity contribution is 0.0955. The van der Waals surface area contributed by atoms with Gasteiger partial charge in [0.05, 0.1) is 26.1 Å². The number of para-hydroxylation sites is 3. The van der Waals surface area contributed by atoms with Gasteiger partial charge in [-0.2, -0.15) is 5.10 Å². The molecular weight excluding hydrogens is 444 g/mol. The Kier molecular flexibility index (Phi) is 7.84. The van der Waals surface area contributed by atoms with Crippen LogP contribution in [0, 0.1) is 0 Å². The number of methoxy groups -OCH3 is 2. The van der Waals surface area contributed by atoms with E-state index in [1.165, 1.54) is 13.3 Å². The number of aromatic hydroxyl groups is 1. The van der Waals surface area contributed by atoms with Gasteiger partial charge >= 0.3 is 0 Å². The third kappa shape index (κ3) is 5.91. The molecular formula is C27H30N4O4. The van der Waals surface area contributed by atoms with Crippen molar-refractivity contribution in [2.24, 2.45) is 5.10 Å². The molecule has 1 aliphatic rings. The average molecular weight is 475 g/mol. The number of hydrazone groups is 1. The average Bonchev–Trinajstić information content (AvgIpc) is 2.90. The molecule has 0 bridgehead atoms. The molecule has 35 heavy (non-hydrogen) atoms. The molecule has 0 spiro atoms. The van der Waals surface area contributed by atoms with Gasteiger partial charge in [0.1, 0.15) is 5.75 Å². The highest BCUT2D eigenvalue weighted by molar-refractivity contribution is 5.95. The topological polar surface area (TPSA) is 86.6 Å². The Morgan fingerprint density at radius 2 is 1.63 bits per heavy atom. The van der Waals surface area contributed by atoms with Crippen molar-refractivity contribution >= 4 is 17.8 Å². The Hall–Kier alpha value is -4.04. The summed E-state index contributed by atoms with van der Waals surface area (Å²) in [6, 6.07) is 20.7. The predicted octanol–water partition coefficient (Wildman–Crippen LogP) is 3.50. The van der Waals surface area contributed by atoms with Crippen molar-refractivity contribution in [2.45, 2.75) is 6.54 Å². The van der Waals surface area contributed by atoms with Crippen LogP contribution in [-0.4, -0.2) is 62.5 Å². The molecule has 0 aromatic heterocycles. The Bertz CT molecular complexity index is 1170. The number of hydrogen-bond donors (Lipinski definition) is 2. The number of benzene rings is 3. The van der Waals surface area contributed by atoms with Crippen LogP contribution in [0.25, 0.3) is 0 Å². The quantitative estimate of drug-likeness (QED) is 0.384. The molecule has 1 heterocycles. The van der Waals surface area contributed by atoms with Gasteiger partial charge in [-0.15, -0.1) is 0 Å². The smallest absolute Gasteiger partial charge is 0.271 e. The number of phenolic OH excluding ortho intramolecular Hbond substituents is 1. The predicted molar refractivity (Wildman–Crippen MR) is 137 cm³/mol. The SMILES string of the molecule is COc1ccccc1N1CCN(Cc2ccc(C(=O)N/N=C\c3cccc(OC)c3O)cc2)CC1. The summed E-state index contributed by atoms with van der Waals surface area (Å²) in [6.07, 6.45) is 1.38. The van der Waals surface area contributed by atoms with E-state index in [0.29, 0.717) is 16.9 Å². The lowest BCUT2D eigenvalue weighted by Gasteiger charge is -2.36. The number of rotatable bonds is 8. The number of nitrogens with one attached hydrogen (secondary N) is 1. The van der Waals surface area contributed by atoms with Gasteiger partial charge in [0.25, 0.3) is 5.91 Å². The van der Waals surface area contributed by atoms with Gasteiger partial charge in [-0.3, -0.25) is 9.69 Å². The zero-order valence-corrected chi connectivity index (χ0v) is 20.0. The van der Waals surface area contributed by atoms with Gasteiger partial charge in [-0.1, -0.05) is 30.3 Å². The van der Waals surface area contributed by atoms with Crippen molar-refractivity contribution in [1.82, 2.24) is 10.3 Å². The maximum atomic E-state index is 12.4. The van der Waals surface area contributed by atoms with E-state index in [-0.39, 0.29) is 11.7 Å². The van der Waals surface area contributed by atoms with Crippen LogP contribution >= 0.6 is 0 Å². The Morgan fingerprint density at radius 1 is 0.943 bits per heavy atom. The normalized spacial score (nSPS) is 14.2. The molecule has 0 radical (unpaired) electrons. The molecule has 8 nitrogen and oxygen atoms in total. The number of piperazine rings is 1. The number of amides is 1.